The summed E-state index contributed by atoms with van der Waals surface area (Å²) in [5.74, 6) is 0.755. The van der Waals surface area contributed by atoms with Crippen molar-refractivity contribution in [2.45, 2.75) is 40.2 Å². The van der Waals surface area contributed by atoms with Crippen LogP contribution < -0.4 is 10.1 Å². The lowest BCUT2D eigenvalue weighted by atomic mass is 9.85. The Morgan fingerprint density at radius 3 is 2.35 bits per heavy atom. The third-order valence-corrected chi connectivity index (χ3v) is 3.63. The van der Waals surface area contributed by atoms with Crippen LogP contribution in [-0.2, 0) is 0 Å². The summed E-state index contributed by atoms with van der Waals surface area (Å²) >= 11 is 3.45. The highest BCUT2D eigenvalue weighted by atomic mass is 79.9. The number of nitrogens with one attached hydrogen (secondary N) is 1. The second-order valence-electron chi connectivity index (χ2n) is 5.83. The number of ether oxygens (including phenoxy) is 1. The standard InChI is InChI=1S/C16H24BrNO2/c1-5-20-13-8-6-12(7-9-13)15(19)18-14(10-11-17)16(2,3)4/h6-9,14H,5,10-11H2,1-4H3,(H,18,19). The Kier molecular flexibility index (Phi) is 6.53. The molecule has 4 heteroatoms. The summed E-state index contributed by atoms with van der Waals surface area (Å²) in [6, 6.07) is 7.40. The van der Waals surface area contributed by atoms with E-state index in [1.807, 2.05) is 19.1 Å². The van der Waals surface area contributed by atoms with Crippen molar-refractivity contribution in [3.05, 3.63) is 29.8 Å². The number of halogens is 1. The zero-order valence-corrected chi connectivity index (χ0v) is 14.3. The summed E-state index contributed by atoms with van der Waals surface area (Å²) in [6.07, 6.45) is 0.909. The molecule has 1 amide bonds. The van der Waals surface area contributed by atoms with E-state index in [4.69, 9.17) is 4.74 Å². The zero-order valence-electron chi connectivity index (χ0n) is 12.7. The van der Waals surface area contributed by atoms with Crippen LogP contribution in [0.1, 0.15) is 44.5 Å². The molecule has 1 aromatic rings. The number of alkyl halides is 1. The molecular weight excluding hydrogens is 318 g/mol. The molecule has 0 spiro atoms. The minimum absolute atomic E-state index is 0.0334. The number of amides is 1. The van der Waals surface area contributed by atoms with E-state index in [-0.39, 0.29) is 17.4 Å². The van der Waals surface area contributed by atoms with E-state index in [1.165, 1.54) is 0 Å². The van der Waals surface area contributed by atoms with Crippen molar-refractivity contribution in [3.63, 3.8) is 0 Å². The van der Waals surface area contributed by atoms with Crippen molar-refractivity contribution in [3.8, 4) is 5.75 Å². The first-order valence-corrected chi connectivity index (χ1v) is 8.10. The molecule has 0 saturated carbocycles. The topological polar surface area (TPSA) is 38.3 Å². The van der Waals surface area contributed by atoms with Crippen molar-refractivity contribution in [2.24, 2.45) is 5.41 Å². The Labute approximate surface area is 130 Å². The van der Waals surface area contributed by atoms with Crippen molar-refractivity contribution >= 4 is 21.8 Å². The van der Waals surface area contributed by atoms with Gasteiger partial charge in [-0.3, -0.25) is 4.79 Å². The Balaban J connectivity index is 2.73. The van der Waals surface area contributed by atoms with Crippen LogP contribution in [0.2, 0.25) is 0 Å². The predicted octanol–water partition coefficient (Wildman–Crippen LogP) is 4.01. The van der Waals surface area contributed by atoms with Crippen LogP contribution in [0, 0.1) is 5.41 Å². The number of hydrogen-bond donors (Lipinski definition) is 1. The van der Waals surface area contributed by atoms with Gasteiger partial charge in [-0.1, -0.05) is 36.7 Å². The van der Waals surface area contributed by atoms with Crippen molar-refractivity contribution in [1.29, 1.82) is 0 Å². The molecule has 1 atom stereocenters. The van der Waals surface area contributed by atoms with Gasteiger partial charge in [0.15, 0.2) is 0 Å². The highest BCUT2D eigenvalue weighted by Gasteiger charge is 2.25. The molecule has 1 N–H and O–H groups in total. The van der Waals surface area contributed by atoms with Gasteiger partial charge in [0.25, 0.3) is 5.91 Å². The van der Waals surface area contributed by atoms with Gasteiger partial charge in [0.05, 0.1) is 6.61 Å². The molecule has 0 fully saturated rings. The minimum atomic E-state index is -0.0334. The van der Waals surface area contributed by atoms with Crippen LogP contribution in [0.15, 0.2) is 24.3 Å². The molecule has 0 aliphatic heterocycles. The first-order chi connectivity index (χ1) is 9.38. The number of hydrogen-bond acceptors (Lipinski definition) is 2. The van der Waals surface area contributed by atoms with Crippen LogP contribution >= 0.6 is 15.9 Å². The maximum Gasteiger partial charge on any atom is 0.251 e. The second-order valence-corrected chi connectivity index (χ2v) is 6.62. The van der Waals surface area contributed by atoms with Gasteiger partial charge in [-0.05, 0) is 43.0 Å². The molecule has 0 bridgehead atoms. The van der Waals surface area contributed by atoms with Crippen LogP contribution in [0.25, 0.3) is 0 Å². The van der Waals surface area contributed by atoms with Crippen LogP contribution in [0.4, 0.5) is 0 Å². The lowest BCUT2D eigenvalue weighted by molar-refractivity contribution is 0.0900. The molecule has 1 aromatic carbocycles. The molecular formula is C16H24BrNO2. The number of rotatable bonds is 6. The second kappa shape index (κ2) is 7.67. The lowest BCUT2D eigenvalue weighted by Crippen LogP contribution is -2.44. The molecule has 1 unspecified atom stereocenters. The first-order valence-electron chi connectivity index (χ1n) is 6.98. The van der Waals surface area contributed by atoms with E-state index in [2.05, 4.69) is 42.0 Å². The largest absolute Gasteiger partial charge is 0.494 e. The molecule has 0 radical (unpaired) electrons. The minimum Gasteiger partial charge on any atom is -0.494 e. The molecule has 112 valence electrons. The molecule has 3 nitrogen and oxygen atoms in total. The SMILES string of the molecule is CCOc1ccc(C(=O)NC(CCBr)C(C)(C)C)cc1. The lowest BCUT2D eigenvalue weighted by Gasteiger charge is -2.31. The number of benzene rings is 1. The van der Waals surface area contributed by atoms with Gasteiger partial charge in [0.1, 0.15) is 5.75 Å². The van der Waals surface area contributed by atoms with Crippen molar-refractivity contribution in [2.75, 3.05) is 11.9 Å². The van der Waals surface area contributed by atoms with Gasteiger partial charge in [-0.2, -0.15) is 0 Å². The quantitative estimate of drug-likeness (QED) is 0.793. The summed E-state index contributed by atoms with van der Waals surface area (Å²) < 4.78 is 5.38. The van der Waals surface area contributed by atoms with E-state index in [0.29, 0.717) is 12.2 Å². The normalized spacial score (nSPS) is 12.8. The third-order valence-electron chi connectivity index (χ3n) is 3.18. The third kappa shape index (κ3) is 5.16. The van der Waals surface area contributed by atoms with Crippen LogP contribution in [0.5, 0.6) is 5.75 Å². The van der Waals surface area contributed by atoms with Gasteiger partial charge >= 0.3 is 0 Å². The molecule has 0 saturated heterocycles. The Morgan fingerprint density at radius 1 is 1.30 bits per heavy atom. The van der Waals surface area contributed by atoms with Crippen LogP contribution in [-0.4, -0.2) is 23.9 Å². The predicted molar refractivity (Wildman–Crippen MR) is 86.7 cm³/mol. The van der Waals surface area contributed by atoms with Crippen LogP contribution in [0.3, 0.4) is 0 Å². The molecule has 0 aromatic heterocycles. The average molecular weight is 342 g/mol. The van der Waals surface area contributed by atoms with Crippen molar-refractivity contribution in [1.82, 2.24) is 5.32 Å². The van der Waals surface area contributed by atoms with Gasteiger partial charge < -0.3 is 10.1 Å². The Bertz CT molecular complexity index is 423. The molecule has 0 heterocycles. The summed E-state index contributed by atoms with van der Waals surface area (Å²) in [7, 11) is 0. The van der Waals surface area contributed by atoms with Gasteiger partial charge in [0.2, 0.25) is 0 Å². The monoisotopic (exact) mass is 341 g/mol. The van der Waals surface area contributed by atoms with Gasteiger partial charge in [0, 0.05) is 16.9 Å². The average Bonchev–Trinajstić information content (AvgIpc) is 2.38. The van der Waals surface area contributed by atoms with E-state index in [1.54, 1.807) is 12.1 Å². The van der Waals surface area contributed by atoms with Gasteiger partial charge in [-0.15, -0.1) is 0 Å². The molecule has 20 heavy (non-hydrogen) atoms. The highest BCUT2D eigenvalue weighted by Crippen LogP contribution is 2.23. The summed E-state index contributed by atoms with van der Waals surface area (Å²) in [4.78, 5) is 12.3. The molecule has 1 rings (SSSR count). The van der Waals surface area contributed by atoms with Crippen molar-refractivity contribution < 1.29 is 9.53 Å². The Hall–Kier alpha value is -1.03. The maximum atomic E-state index is 12.3. The zero-order chi connectivity index (χ0) is 15.2. The fourth-order valence-electron chi connectivity index (χ4n) is 1.94. The summed E-state index contributed by atoms with van der Waals surface area (Å²) in [5, 5.41) is 3.99. The van der Waals surface area contributed by atoms with E-state index in [9.17, 15) is 4.79 Å². The Morgan fingerprint density at radius 2 is 1.90 bits per heavy atom. The summed E-state index contributed by atoms with van der Waals surface area (Å²) in [6.45, 7) is 8.98. The fraction of sp³-hybridized carbons (Fsp3) is 0.562. The van der Waals surface area contributed by atoms with E-state index >= 15 is 0 Å². The van der Waals surface area contributed by atoms with E-state index in [0.717, 1.165) is 17.5 Å². The maximum absolute atomic E-state index is 12.3. The fourth-order valence-corrected chi connectivity index (χ4v) is 2.40. The molecule has 0 aliphatic carbocycles. The number of carbonyl (C=O) groups is 1. The smallest absolute Gasteiger partial charge is 0.251 e. The molecule has 0 aliphatic rings. The van der Waals surface area contributed by atoms with Gasteiger partial charge in [-0.25, -0.2) is 0 Å². The number of carbonyl (C=O) groups excluding carboxylic acids is 1. The highest BCUT2D eigenvalue weighted by molar-refractivity contribution is 9.09. The van der Waals surface area contributed by atoms with E-state index < -0.39 is 0 Å². The first kappa shape index (κ1) is 17.0. The summed E-state index contributed by atoms with van der Waals surface area (Å²) in [5.41, 5.74) is 0.701.